The van der Waals surface area contributed by atoms with E-state index < -0.39 is 17.1 Å². The molecule has 0 saturated heterocycles. The van der Waals surface area contributed by atoms with Crippen LogP contribution in [0.5, 0.6) is 0 Å². The Balaban J connectivity index is 2.81. The molecule has 1 aromatic rings. The fraction of sp³-hybridized carbons (Fsp3) is 0.222. The van der Waals surface area contributed by atoms with Gasteiger partial charge in [0.1, 0.15) is 5.38 Å². The Morgan fingerprint density at radius 3 is 2.50 bits per heavy atom. The predicted octanol–water partition coefficient (Wildman–Crippen LogP) is 1.10. The Kier molecular flexibility index (Phi) is 3.59. The maximum atomic E-state index is 11.2. The molecule has 4 nitrogen and oxygen atoms in total. The van der Waals surface area contributed by atoms with Gasteiger partial charge in [0.05, 0.1) is 7.11 Å². The quantitative estimate of drug-likeness (QED) is 0.429. The van der Waals surface area contributed by atoms with Crippen LogP contribution in [0.15, 0.2) is 24.5 Å². The number of esters is 1. The summed E-state index contributed by atoms with van der Waals surface area (Å²) in [6.45, 7) is 0. The Morgan fingerprint density at radius 1 is 1.43 bits per heavy atom. The van der Waals surface area contributed by atoms with Crippen LogP contribution < -0.4 is 0 Å². The maximum Gasteiger partial charge on any atom is 0.376 e. The van der Waals surface area contributed by atoms with E-state index in [0.29, 0.717) is 5.56 Å². The highest BCUT2D eigenvalue weighted by Crippen LogP contribution is 2.20. The molecule has 1 atom stereocenters. The van der Waals surface area contributed by atoms with Crippen molar-refractivity contribution in [2.45, 2.75) is 5.38 Å². The molecule has 0 amide bonds. The topological polar surface area (TPSA) is 56.3 Å². The summed E-state index contributed by atoms with van der Waals surface area (Å²) in [5.74, 6) is -1.72. The number of hydrogen-bond donors (Lipinski definition) is 0. The first-order valence-electron chi connectivity index (χ1n) is 3.83. The Morgan fingerprint density at radius 2 is 2.00 bits per heavy atom. The third-order valence-electron chi connectivity index (χ3n) is 1.62. The van der Waals surface area contributed by atoms with Crippen molar-refractivity contribution < 1.29 is 14.3 Å². The fourth-order valence-electron chi connectivity index (χ4n) is 0.888. The van der Waals surface area contributed by atoms with Gasteiger partial charge in [-0.25, -0.2) is 4.79 Å². The van der Waals surface area contributed by atoms with Crippen LogP contribution in [0.2, 0.25) is 0 Å². The molecule has 0 aliphatic heterocycles. The number of pyridine rings is 1. The summed E-state index contributed by atoms with van der Waals surface area (Å²) in [5, 5.41) is -1.01. The second-order valence-electron chi connectivity index (χ2n) is 2.50. The smallest absolute Gasteiger partial charge is 0.376 e. The van der Waals surface area contributed by atoms with Gasteiger partial charge in [-0.05, 0) is 17.7 Å². The van der Waals surface area contributed by atoms with Crippen molar-refractivity contribution in [1.29, 1.82) is 0 Å². The molecule has 0 aliphatic carbocycles. The van der Waals surface area contributed by atoms with Gasteiger partial charge in [-0.1, -0.05) is 0 Å². The zero-order valence-electron chi connectivity index (χ0n) is 7.44. The van der Waals surface area contributed by atoms with E-state index in [4.69, 9.17) is 11.6 Å². The van der Waals surface area contributed by atoms with Crippen LogP contribution in [-0.4, -0.2) is 23.8 Å². The number of rotatable bonds is 3. The van der Waals surface area contributed by atoms with Crippen molar-refractivity contribution in [2.24, 2.45) is 0 Å². The average molecular weight is 214 g/mol. The molecule has 0 spiro atoms. The third-order valence-corrected chi connectivity index (χ3v) is 2.07. The van der Waals surface area contributed by atoms with Crippen LogP contribution in [0.1, 0.15) is 10.9 Å². The van der Waals surface area contributed by atoms with E-state index in [1.165, 1.54) is 12.4 Å². The van der Waals surface area contributed by atoms with Crippen LogP contribution in [0, 0.1) is 0 Å². The van der Waals surface area contributed by atoms with Crippen molar-refractivity contribution in [1.82, 2.24) is 4.98 Å². The van der Waals surface area contributed by atoms with Crippen molar-refractivity contribution in [3.63, 3.8) is 0 Å². The number of methoxy groups -OCH3 is 1. The lowest BCUT2D eigenvalue weighted by Crippen LogP contribution is -2.20. The third kappa shape index (κ3) is 2.29. The molecule has 0 radical (unpaired) electrons. The summed E-state index contributed by atoms with van der Waals surface area (Å²) in [4.78, 5) is 25.9. The molecule has 5 heteroatoms. The molecule has 14 heavy (non-hydrogen) atoms. The largest absolute Gasteiger partial charge is 0.463 e. The van der Waals surface area contributed by atoms with E-state index in [1.807, 2.05) is 0 Å². The summed E-state index contributed by atoms with van der Waals surface area (Å²) in [6.07, 6.45) is 2.99. The summed E-state index contributed by atoms with van der Waals surface area (Å²) in [7, 11) is 1.14. The highest BCUT2D eigenvalue weighted by Gasteiger charge is 2.25. The van der Waals surface area contributed by atoms with Gasteiger partial charge < -0.3 is 4.74 Å². The first-order valence-corrected chi connectivity index (χ1v) is 4.26. The van der Waals surface area contributed by atoms with Crippen LogP contribution in [0.4, 0.5) is 0 Å². The number of ether oxygens (including phenoxy) is 1. The number of aromatic nitrogens is 1. The lowest BCUT2D eigenvalue weighted by atomic mass is 10.1. The highest BCUT2D eigenvalue weighted by molar-refractivity contribution is 6.47. The Bertz CT molecular complexity index is 339. The molecule has 1 aromatic heterocycles. The summed E-state index contributed by atoms with van der Waals surface area (Å²) in [6, 6.07) is 3.14. The van der Waals surface area contributed by atoms with Gasteiger partial charge in [-0.2, -0.15) is 0 Å². The molecule has 0 fully saturated rings. The van der Waals surface area contributed by atoms with Crippen molar-refractivity contribution in [3.8, 4) is 0 Å². The summed E-state index contributed by atoms with van der Waals surface area (Å²) >= 11 is 5.75. The van der Waals surface area contributed by atoms with Crippen molar-refractivity contribution in [3.05, 3.63) is 30.1 Å². The molecule has 1 heterocycles. The lowest BCUT2D eigenvalue weighted by Gasteiger charge is -2.05. The minimum absolute atomic E-state index is 0.525. The minimum atomic E-state index is -1.01. The van der Waals surface area contributed by atoms with E-state index in [0.717, 1.165) is 7.11 Å². The molecule has 0 bridgehead atoms. The number of nitrogens with zero attached hydrogens (tertiary/aromatic N) is 1. The molecule has 74 valence electrons. The fourth-order valence-corrected chi connectivity index (χ4v) is 1.12. The number of halogens is 1. The molecule has 1 unspecified atom stereocenters. The van der Waals surface area contributed by atoms with Gasteiger partial charge in [-0.15, -0.1) is 11.6 Å². The van der Waals surface area contributed by atoms with E-state index in [2.05, 4.69) is 9.72 Å². The molecular weight excluding hydrogens is 206 g/mol. The lowest BCUT2D eigenvalue weighted by molar-refractivity contribution is -0.151. The number of carbonyl (C=O) groups is 2. The van der Waals surface area contributed by atoms with Gasteiger partial charge in [0.25, 0.3) is 5.78 Å². The number of hydrogen-bond acceptors (Lipinski definition) is 4. The van der Waals surface area contributed by atoms with Gasteiger partial charge >= 0.3 is 5.97 Å². The Hall–Kier alpha value is -1.42. The second-order valence-corrected chi connectivity index (χ2v) is 2.94. The van der Waals surface area contributed by atoms with E-state index in [9.17, 15) is 9.59 Å². The van der Waals surface area contributed by atoms with Gasteiger partial charge in [-0.3, -0.25) is 9.78 Å². The average Bonchev–Trinajstić information content (AvgIpc) is 2.27. The van der Waals surface area contributed by atoms with E-state index in [-0.39, 0.29) is 0 Å². The van der Waals surface area contributed by atoms with Gasteiger partial charge in [0, 0.05) is 12.4 Å². The van der Waals surface area contributed by atoms with Crippen LogP contribution in [-0.2, 0) is 14.3 Å². The van der Waals surface area contributed by atoms with Crippen LogP contribution >= 0.6 is 11.6 Å². The molecule has 1 rings (SSSR count). The molecule has 0 saturated carbocycles. The second kappa shape index (κ2) is 4.72. The number of Topliss-reactive ketones (excluding diaryl/α,β-unsaturated/α-hetero) is 1. The van der Waals surface area contributed by atoms with E-state index >= 15 is 0 Å². The maximum absolute atomic E-state index is 11.2. The molecule has 0 aliphatic rings. The van der Waals surface area contributed by atoms with Crippen molar-refractivity contribution >= 4 is 23.4 Å². The highest BCUT2D eigenvalue weighted by atomic mass is 35.5. The van der Waals surface area contributed by atoms with Gasteiger partial charge in [0.15, 0.2) is 0 Å². The Labute approximate surface area is 85.9 Å². The number of carbonyl (C=O) groups excluding carboxylic acids is 2. The minimum Gasteiger partial charge on any atom is -0.463 e. The first-order chi connectivity index (χ1) is 6.66. The zero-order valence-corrected chi connectivity index (χ0v) is 8.19. The normalized spacial score (nSPS) is 11.9. The van der Waals surface area contributed by atoms with Crippen molar-refractivity contribution in [2.75, 3.05) is 7.11 Å². The van der Waals surface area contributed by atoms with Crippen LogP contribution in [0.25, 0.3) is 0 Å². The molecular formula is C9H8ClNO3. The number of ketones is 1. The standard InChI is InChI=1S/C9H8ClNO3/c1-14-9(13)8(12)7(10)6-2-4-11-5-3-6/h2-5,7H,1H3. The van der Waals surface area contributed by atoms with E-state index in [1.54, 1.807) is 12.1 Å². The summed E-state index contributed by atoms with van der Waals surface area (Å²) < 4.78 is 4.27. The van der Waals surface area contributed by atoms with Gasteiger partial charge in [0.2, 0.25) is 0 Å². The predicted molar refractivity (Wildman–Crippen MR) is 49.9 cm³/mol. The first kappa shape index (κ1) is 10.7. The number of alkyl halides is 1. The van der Waals surface area contributed by atoms with Crippen LogP contribution in [0.3, 0.4) is 0 Å². The summed E-state index contributed by atoms with van der Waals surface area (Å²) in [5.41, 5.74) is 0.525. The SMILES string of the molecule is COC(=O)C(=O)C(Cl)c1ccncc1. The molecule has 0 aromatic carbocycles. The monoisotopic (exact) mass is 213 g/mol. The molecule has 0 N–H and O–H groups in total. The zero-order chi connectivity index (χ0) is 10.6.